The maximum absolute atomic E-state index is 12.8. The molecule has 0 atom stereocenters. The molecule has 2 heterocycles. The summed E-state index contributed by atoms with van der Waals surface area (Å²) in [5.41, 5.74) is 4.60. The van der Waals surface area contributed by atoms with E-state index in [0.29, 0.717) is 17.3 Å². The fourth-order valence-electron chi connectivity index (χ4n) is 3.15. The molecule has 0 saturated carbocycles. The Morgan fingerprint density at radius 1 is 1.27 bits per heavy atom. The molecular weight excluding hydrogens is 348 g/mol. The number of carbonyl (C=O) groups excluding carboxylic acids is 1. The standard InChI is InChI=1S/C20H18N2O3S/c1-11-8-12(2)17-16(9-11)26-20(21-17)22-19(23)18-14(10-24-3)13-6-4-5-7-15(13)25-18/h4-9H,10H2,1-3H3,(H,21,22,23). The van der Waals surface area contributed by atoms with Crippen molar-refractivity contribution in [3.05, 3.63) is 58.8 Å². The number of fused-ring (bicyclic) bond motifs is 2. The number of anilines is 1. The summed E-state index contributed by atoms with van der Waals surface area (Å²) in [5, 5.41) is 4.32. The largest absolute Gasteiger partial charge is 0.451 e. The normalized spacial score (nSPS) is 11.3. The average Bonchev–Trinajstić information content (AvgIpc) is 3.17. The van der Waals surface area contributed by atoms with E-state index >= 15 is 0 Å². The third kappa shape index (κ3) is 2.87. The van der Waals surface area contributed by atoms with Crippen LogP contribution in [0.2, 0.25) is 0 Å². The Balaban J connectivity index is 1.71. The summed E-state index contributed by atoms with van der Waals surface area (Å²) in [6.07, 6.45) is 0. The Morgan fingerprint density at radius 2 is 2.08 bits per heavy atom. The Bertz CT molecular complexity index is 1130. The number of carbonyl (C=O) groups is 1. The Morgan fingerprint density at radius 3 is 2.88 bits per heavy atom. The van der Waals surface area contributed by atoms with Gasteiger partial charge in [-0.3, -0.25) is 10.1 Å². The molecule has 6 heteroatoms. The summed E-state index contributed by atoms with van der Waals surface area (Å²) in [7, 11) is 1.60. The number of nitrogens with zero attached hydrogens (tertiary/aromatic N) is 1. The molecule has 0 bridgehead atoms. The van der Waals surface area contributed by atoms with Gasteiger partial charge in [-0.25, -0.2) is 4.98 Å². The van der Waals surface area contributed by atoms with Gasteiger partial charge < -0.3 is 9.15 Å². The Kier molecular flexibility index (Phi) is 4.22. The van der Waals surface area contributed by atoms with Crippen LogP contribution in [-0.4, -0.2) is 18.0 Å². The monoisotopic (exact) mass is 366 g/mol. The number of aryl methyl sites for hydroxylation is 2. The maximum Gasteiger partial charge on any atom is 0.293 e. The number of methoxy groups -OCH3 is 1. The number of para-hydroxylation sites is 1. The van der Waals surface area contributed by atoms with Crippen LogP contribution in [0.1, 0.15) is 27.2 Å². The number of benzene rings is 2. The quantitative estimate of drug-likeness (QED) is 0.548. The number of furan rings is 1. The van der Waals surface area contributed by atoms with E-state index in [-0.39, 0.29) is 11.7 Å². The van der Waals surface area contributed by atoms with Gasteiger partial charge in [-0.15, -0.1) is 0 Å². The highest BCUT2D eigenvalue weighted by atomic mass is 32.1. The van der Waals surface area contributed by atoms with Crippen LogP contribution in [0.25, 0.3) is 21.2 Å². The van der Waals surface area contributed by atoms with Gasteiger partial charge in [0.2, 0.25) is 0 Å². The van der Waals surface area contributed by atoms with Gasteiger partial charge >= 0.3 is 0 Å². The van der Waals surface area contributed by atoms with Gasteiger partial charge in [-0.1, -0.05) is 35.6 Å². The first-order valence-corrected chi connectivity index (χ1v) is 9.07. The fraction of sp³-hybridized carbons (Fsp3) is 0.200. The Hall–Kier alpha value is -2.70. The van der Waals surface area contributed by atoms with E-state index < -0.39 is 0 Å². The van der Waals surface area contributed by atoms with Gasteiger partial charge in [0.25, 0.3) is 5.91 Å². The summed E-state index contributed by atoms with van der Waals surface area (Å²) >= 11 is 1.46. The molecule has 26 heavy (non-hydrogen) atoms. The van der Waals surface area contributed by atoms with E-state index in [1.165, 1.54) is 16.9 Å². The van der Waals surface area contributed by atoms with Crippen LogP contribution in [0.5, 0.6) is 0 Å². The van der Waals surface area contributed by atoms with Gasteiger partial charge in [0.05, 0.1) is 16.8 Å². The van der Waals surface area contributed by atoms with Crippen molar-refractivity contribution >= 4 is 43.6 Å². The van der Waals surface area contributed by atoms with Crippen molar-refractivity contribution in [2.75, 3.05) is 12.4 Å². The second-order valence-corrected chi connectivity index (χ2v) is 7.27. The highest BCUT2D eigenvalue weighted by Crippen LogP contribution is 2.31. The summed E-state index contributed by atoms with van der Waals surface area (Å²) in [5.74, 6) is -0.0538. The zero-order chi connectivity index (χ0) is 18.3. The topological polar surface area (TPSA) is 64.4 Å². The molecule has 0 spiro atoms. The number of hydrogen-bond donors (Lipinski definition) is 1. The highest BCUT2D eigenvalue weighted by molar-refractivity contribution is 7.22. The highest BCUT2D eigenvalue weighted by Gasteiger charge is 2.21. The summed E-state index contributed by atoms with van der Waals surface area (Å²) < 4.78 is 12.1. The Labute approximate surface area is 154 Å². The average molecular weight is 366 g/mol. The third-order valence-electron chi connectivity index (χ3n) is 4.24. The van der Waals surface area contributed by atoms with Crippen molar-refractivity contribution in [3.8, 4) is 0 Å². The second kappa shape index (κ2) is 6.55. The van der Waals surface area contributed by atoms with Crippen LogP contribution in [-0.2, 0) is 11.3 Å². The summed E-state index contributed by atoms with van der Waals surface area (Å²) in [6.45, 7) is 4.38. The molecule has 0 aliphatic heterocycles. The van der Waals surface area contributed by atoms with Gasteiger partial charge in [0.1, 0.15) is 5.58 Å². The van der Waals surface area contributed by atoms with E-state index in [9.17, 15) is 4.79 Å². The SMILES string of the molecule is COCc1c(C(=O)Nc2nc3c(C)cc(C)cc3s2)oc2ccccc12. The molecule has 0 aliphatic carbocycles. The van der Waals surface area contributed by atoms with Crippen molar-refractivity contribution < 1.29 is 13.9 Å². The molecule has 1 amide bonds. The molecule has 2 aromatic heterocycles. The van der Waals surface area contributed by atoms with E-state index in [2.05, 4.69) is 29.4 Å². The van der Waals surface area contributed by atoms with Gasteiger partial charge in [0.15, 0.2) is 10.9 Å². The molecule has 2 aromatic carbocycles. The van der Waals surface area contributed by atoms with Crippen LogP contribution < -0.4 is 5.32 Å². The van der Waals surface area contributed by atoms with Crippen molar-refractivity contribution in [3.63, 3.8) is 0 Å². The summed E-state index contributed by atoms with van der Waals surface area (Å²) in [6, 6.07) is 11.7. The fourth-order valence-corrected chi connectivity index (χ4v) is 4.18. The minimum Gasteiger partial charge on any atom is -0.451 e. The molecule has 5 nitrogen and oxygen atoms in total. The maximum atomic E-state index is 12.8. The lowest BCUT2D eigenvalue weighted by molar-refractivity contribution is 0.0992. The molecule has 1 N–H and O–H groups in total. The van der Waals surface area contributed by atoms with E-state index in [1.54, 1.807) is 7.11 Å². The van der Waals surface area contributed by atoms with Crippen molar-refractivity contribution in [1.29, 1.82) is 0 Å². The van der Waals surface area contributed by atoms with Crippen molar-refractivity contribution in [2.45, 2.75) is 20.5 Å². The minimum atomic E-state index is -0.318. The molecule has 0 saturated heterocycles. The lowest BCUT2D eigenvalue weighted by Crippen LogP contribution is -2.13. The minimum absolute atomic E-state index is 0.264. The number of ether oxygens (including phenoxy) is 1. The first-order chi connectivity index (χ1) is 12.6. The second-order valence-electron chi connectivity index (χ2n) is 6.24. The number of amides is 1. The van der Waals surface area contributed by atoms with Gasteiger partial charge in [-0.05, 0) is 37.1 Å². The third-order valence-corrected chi connectivity index (χ3v) is 5.16. The molecule has 0 fully saturated rings. The number of aromatic nitrogens is 1. The van der Waals surface area contributed by atoms with Crippen molar-refractivity contribution in [1.82, 2.24) is 4.98 Å². The smallest absolute Gasteiger partial charge is 0.293 e. The van der Waals surface area contributed by atoms with Crippen LogP contribution in [0.3, 0.4) is 0 Å². The molecule has 4 aromatic rings. The van der Waals surface area contributed by atoms with Gasteiger partial charge in [-0.2, -0.15) is 0 Å². The first-order valence-electron chi connectivity index (χ1n) is 8.25. The van der Waals surface area contributed by atoms with Crippen LogP contribution in [0, 0.1) is 13.8 Å². The molecule has 0 aliphatic rings. The molecule has 132 valence electrons. The molecule has 0 radical (unpaired) electrons. The van der Waals surface area contributed by atoms with E-state index in [1.807, 2.05) is 31.2 Å². The van der Waals surface area contributed by atoms with E-state index in [4.69, 9.17) is 9.15 Å². The number of nitrogens with one attached hydrogen (secondary N) is 1. The first kappa shape index (κ1) is 16.8. The number of thiazole rings is 1. The van der Waals surface area contributed by atoms with E-state index in [0.717, 1.165) is 26.7 Å². The zero-order valence-electron chi connectivity index (χ0n) is 14.8. The van der Waals surface area contributed by atoms with Gasteiger partial charge in [0, 0.05) is 18.1 Å². The lowest BCUT2D eigenvalue weighted by Gasteiger charge is -2.02. The van der Waals surface area contributed by atoms with Crippen LogP contribution in [0.15, 0.2) is 40.8 Å². The molecule has 0 unspecified atom stereocenters. The lowest BCUT2D eigenvalue weighted by atomic mass is 10.1. The predicted octanol–water partition coefficient (Wildman–Crippen LogP) is 5.06. The summed E-state index contributed by atoms with van der Waals surface area (Å²) in [4.78, 5) is 17.4. The number of hydrogen-bond acceptors (Lipinski definition) is 5. The molecular formula is C20H18N2O3S. The van der Waals surface area contributed by atoms with Crippen LogP contribution in [0.4, 0.5) is 5.13 Å². The zero-order valence-corrected chi connectivity index (χ0v) is 15.6. The number of rotatable bonds is 4. The van der Waals surface area contributed by atoms with Crippen molar-refractivity contribution in [2.24, 2.45) is 0 Å². The predicted molar refractivity (Wildman–Crippen MR) is 104 cm³/mol. The van der Waals surface area contributed by atoms with Crippen LogP contribution >= 0.6 is 11.3 Å². The molecule has 4 rings (SSSR count).